The van der Waals surface area contributed by atoms with E-state index >= 15 is 0 Å². The molecule has 0 heterocycles. The molecule has 1 atom stereocenters. The third-order valence-electron chi connectivity index (χ3n) is 5.44. The number of carbonyl (C=O) groups is 2. The van der Waals surface area contributed by atoms with Crippen LogP contribution in [0.2, 0.25) is 0 Å². The van der Waals surface area contributed by atoms with Crippen molar-refractivity contribution in [3.63, 3.8) is 0 Å². The fourth-order valence-electron chi connectivity index (χ4n) is 3.53. The summed E-state index contributed by atoms with van der Waals surface area (Å²) in [4.78, 5) is 27.8. The molecule has 0 bridgehead atoms. The minimum Gasteiger partial charge on any atom is -0.355 e. The molecule has 1 N–H and O–H groups in total. The molecule has 3 aromatic rings. The van der Waals surface area contributed by atoms with E-state index in [4.69, 9.17) is 0 Å². The van der Waals surface area contributed by atoms with Crippen LogP contribution in [-0.2, 0) is 26.2 Å². The second-order valence-electron chi connectivity index (χ2n) is 7.88. The number of rotatable bonds is 10. The number of para-hydroxylation sites is 1. The highest BCUT2D eigenvalue weighted by Gasteiger charge is 2.32. The van der Waals surface area contributed by atoms with Crippen LogP contribution in [0, 0.1) is 0 Å². The number of sulfonamides is 1. The highest BCUT2D eigenvalue weighted by Crippen LogP contribution is 2.24. The number of hydrogen-bond donors (Lipinski definition) is 1. The molecule has 9 heteroatoms. The zero-order valence-electron chi connectivity index (χ0n) is 19.6. The van der Waals surface area contributed by atoms with Gasteiger partial charge in [0, 0.05) is 17.6 Å². The number of halogens is 1. The predicted molar refractivity (Wildman–Crippen MR) is 140 cm³/mol. The van der Waals surface area contributed by atoms with Gasteiger partial charge in [-0.25, -0.2) is 8.42 Å². The van der Waals surface area contributed by atoms with Gasteiger partial charge in [0.25, 0.3) is 10.0 Å². The van der Waals surface area contributed by atoms with Crippen LogP contribution in [0.15, 0.2) is 94.3 Å². The van der Waals surface area contributed by atoms with E-state index in [0.29, 0.717) is 12.2 Å². The molecule has 2 amide bonds. The van der Waals surface area contributed by atoms with Crippen molar-refractivity contribution in [1.29, 1.82) is 0 Å². The number of anilines is 1. The molecular weight excluding hydrogens is 530 g/mol. The molecule has 0 aliphatic carbocycles. The van der Waals surface area contributed by atoms with Gasteiger partial charge in [0.1, 0.15) is 12.6 Å². The van der Waals surface area contributed by atoms with Gasteiger partial charge < -0.3 is 10.2 Å². The Morgan fingerprint density at radius 3 is 2.06 bits per heavy atom. The molecule has 0 fully saturated rings. The van der Waals surface area contributed by atoms with Crippen molar-refractivity contribution in [3.8, 4) is 0 Å². The number of likely N-dealkylation sites (N-methyl/N-ethyl adjacent to an activating group) is 1. The first-order valence-electron chi connectivity index (χ1n) is 11.2. The van der Waals surface area contributed by atoms with E-state index in [2.05, 4.69) is 21.2 Å². The molecule has 3 rings (SSSR count). The van der Waals surface area contributed by atoms with Gasteiger partial charge in [0.2, 0.25) is 11.8 Å². The van der Waals surface area contributed by atoms with Gasteiger partial charge in [-0.1, -0.05) is 64.5 Å². The van der Waals surface area contributed by atoms with Gasteiger partial charge in [0.05, 0.1) is 10.6 Å². The summed E-state index contributed by atoms with van der Waals surface area (Å²) in [7, 11) is -4.04. The van der Waals surface area contributed by atoms with E-state index in [-0.39, 0.29) is 17.3 Å². The van der Waals surface area contributed by atoms with E-state index in [0.717, 1.165) is 14.3 Å². The molecule has 0 aliphatic heterocycles. The Hall–Kier alpha value is -3.17. The zero-order chi connectivity index (χ0) is 25.4. The summed E-state index contributed by atoms with van der Waals surface area (Å²) in [6, 6.07) is 23.1. The summed E-state index contributed by atoms with van der Waals surface area (Å²) in [6.45, 7) is 3.55. The molecule has 1 unspecified atom stereocenters. The van der Waals surface area contributed by atoms with Crippen LogP contribution in [0.3, 0.4) is 0 Å². The summed E-state index contributed by atoms with van der Waals surface area (Å²) in [5, 5.41) is 2.74. The van der Waals surface area contributed by atoms with Crippen molar-refractivity contribution < 1.29 is 18.0 Å². The van der Waals surface area contributed by atoms with Crippen molar-refractivity contribution in [2.75, 3.05) is 17.4 Å². The van der Waals surface area contributed by atoms with Gasteiger partial charge in [-0.05, 0) is 55.8 Å². The maximum Gasteiger partial charge on any atom is 0.264 e. The van der Waals surface area contributed by atoms with Crippen molar-refractivity contribution in [1.82, 2.24) is 10.2 Å². The lowest BCUT2D eigenvalue weighted by atomic mass is 10.1. The molecule has 0 saturated carbocycles. The highest BCUT2D eigenvalue weighted by atomic mass is 79.9. The maximum atomic E-state index is 13.7. The molecule has 0 saturated heterocycles. The molecule has 0 aromatic heterocycles. The third-order valence-corrected chi connectivity index (χ3v) is 7.76. The van der Waals surface area contributed by atoms with Gasteiger partial charge >= 0.3 is 0 Å². The lowest BCUT2D eigenvalue weighted by molar-refractivity contribution is -0.139. The second-order valence-corrected chi connectivity index (χ2v) is 10.7. The van der Waals surface area contributed by atoms with Crippen molar-refractivity contribution in [2.45, 2.75) is 31.3 Å². The largest absolute Gasteiger partial charge is 0.355 e. The molecule has 3 aromatic carbocycles. The number of nitrogens with zero attached hydrogens (tertiary/aromatic N) is 2. The number of hydrogen-bond acceptors (Lipinski definition) is 4. The van der Waals surface area contributed by atoms with Crippen molar-refractivity contribution in [2.24, 2.45) is 0 Å². The Morgan fingerprint density at radius 1 is 0.914 bits per heavy atom. The Labute approximate surface area is 214 Å². The van der Waals surface area contributed by atoms with Crippen LogP contribution in [0.4, 0.5) is 5.69 Å². The first kappa shape index (κ1) is 26.4. The standard InChI is InChI=1S/C26H28BrN3O4S/c1-3-28-26(32)20(2)29(18-21-14-16-22(27)17-15-21)25(31)19-30(23-10-6-4-7-11-23)35(33,34)24-12-8-5-9-13-24/h4-17,20H,3,18-19H2,1-2H3,(H,28,32). The van der Waals surface area contributed by atoms with Crippen LogP contribution in [0.1, 0.15) is 19.4 Å². The average Bonchev–Trinajstić information content (AvgIpc) is 2.87. The van der Waals surface area contributed by atoms with Gasteiger partial charge in [-0.15, -0.1) is 0 Å². The number of benzene rings is 3. The second kappa shape index (κ2) is 12.0. The molecule has 35 heavy (non-hydrogen) atoms. The molecule has 0 aliphatic rings. The Balaban J connectivity index is 1.98. The van der Waals surface area contributed by atoms with Crippen LogP contribution in [-0.4, -0.2) is 44.3 Å². The first-order valence-corrected chi connectivity index (χ1v) is 13.4. The maximum absolute atomic E-state index is 13.7. The summed E-state index contributed by atoms with van der Waals surface area (Å²) >= 11 is 3.40. The fourth-order valence-corrected chi connectivity index (χ4v) is 5.23. The van der Waals surface area contributed by atoms with Crippen molar-refractivity contribution in [3.05, 3.63) is 95.0 Å². The van der Waals surface area contributed by atoms with E-state index in [1.54, 1.807) is 62.4 Å². The van der Waals surface area contributed by atoms with Crippen LogP contribution >= 0.6 is 15.9 Å². The highest BCUT2D eigenvalue weighted by molar-refractivity contribution is 9.10. The van der Waals surface area contributed by atoms with Crippen molar-refractivity contribution >= 4 is 43.5 Å². The number of nitrogens with one attached hydrogen (secondary N) is 1. The van der Waals surface area contributed by atoms with Crippen LogP contribution < -0.4 is 9.62 Å². The summed E-state index contributed by atoms with van der Waals surface area (Å²) in [5.74, 6) is -0.801. The Bertz CT molecular complexity index is 1240. The molecular formula is C26H28BrN3O4S. The Kier molecular flexibility index (Phi) is 9.06. The SMILES string of the molecule is CCNC(=O)C(C)N(Cc1ccc(Br)cc1)C(=O)CN(c1ccccc1)S(=O)(=O)c1ccccc1. The number of carbonyl (C=O) groups excluding carboxylic acids is 2. The predicted octanol–water partition coefficient (Wildman–Crippen LogP) is 4.20. The topological polar surface area (TPSA) is 86.8 Å². The number of amides is 2. The van der Waals surface area contributed by atoms with Gasteiger partial charge in [-0.2, -0.15) is 0 Å². The van der Waals surface area contributed by atoms with Crippen LogP contribution in [0.5, 0.6) is 0 Å². The van der Waals surface area contributed by atoms with E-state index in [9.17, 15) is 18.0 Å². The van der Waals surface area contributed by atoms with Gasteiger partial charge in [0.15, 0.2) is 0 Å². The van der Waals surface area contributed by atoms with Gasteiger partial charge in [-0.3, -0.25) is 13.9 Å². The fraction of sp³-hybridized carbons (Fsp3) is 0.231. The molecule has 0 radical (unpaired) electrons. The third kappa shape index (κ3) is 6.70. The molecule has 0 spiro atoms. The lowest BCUT2D eigenvalue weighted by Crippen LogP contribution is -2.51. The first-order chi connectivity index (χ1) is 16.7. The monoisotopic (exact) mass is 557 g/mol. The Morgan fingerprint density at radius 2 is 1.49 bits per heavy atom. The lowest BCUT2D eigenvalue weighted by Gasteiger charge is -2.32. The quantitative estimate of drug-likeness (QED) is 0.404. The van der Waals surface area contributed by atoms with E-state index < -0.39 is 28.5 Å². The summed E-state index contributed by atoms with van der Waals surface area (Å²) in [6.07, 6.45) is 0. The minimum absolute atomic E-state index is 0.0767. The summed E-state index contributed by atoms with van der Waals surface area (Å²) < 4.78 is 29.1. The van der Waals surface area contributed by atoms with E-state index in [1.165, 1.54) is 17.0 Å². The smallest absolute Gasteiger partial charge is 0.264 e. The average molecular weight is 558 g/mol. The minimum atomic E-state index is -4.04. The van der Waals surface area contributed by atoms with Crippen LogP contribution in [0.25, 0.3) is 0 Å². The zero-order valence-corrected chi connectivity index (χ0v) is 22.0. The molecule has 184 valence electrons. The summed E-state index contributed by atoms with van der Waals surface area (Å²) in [5.41, 5.74) is 1.17. The normalized spacial score (nSPS) is 12.0. The molecule has 7 nitrogen and oxygen atoms in total. The van der Waals surface area contributed by atoms with E-state index in [1.807, 2.05) is 24.3 Å².